The molecule has 3 rings (SSSR count). The van der Waals surface area contributed by atoms with E-state index in [2.05, 4.69) is 56.0 Å². The highest BCUT2D eigenvalue weighted by molar-refractivity contribution is 5.73. The van der Waals surface area contributed by atoms with Gasteiger partial charge in [0.05, 0.1) is 5.69 Å². The van der Waals surface area contributed by atoms with Crippen LogP contribution in [-0.2, 0) is 19.9 Å². The van der Waals surface area contributed by atoms with Crippen LogP contribution in [0.3, 0.4) is 0 Å². The third-order valence-electron chi connectivity index (χ3n) is 5.36. The van der Waals surface area contributed by atoms with Crippen LogP contribution in [0.5, 0.6) is 0 Å². The molecule has 0 aliphatic heterocycles. The molecule has 1 aromatic carbocycles. The van der Waals surface area contributed by atoms with Gasteiger partial charge in [0, 0.05) is 24.3 Å². The molecule has 0 fully saturated rings. The van der Waals surface area contributed by atoms with Crippen molar-refractivity contribution >= 4 is 0 Å². The van der Waals surface area contributed by atoms with Crippen LogP contribution in [0, 0.1) is 13.8 Å². The maximum Gasteiger partial charge on any atom is 0.0674 e. The molecule has 0 N–H and O–H groups in total. The minimum absolute atomic E-state index is 0.684. The zero-order chi connectivity index (χ0) is 15.9. The van der Waals surface area contributed by atoms with Gasteiger partial charge in [0.25, 0.3) is 0 Å². The SMILES string of the molecule is CCN(C)C1CCc2c(cccc2-c2c(C)nn(C)c2C)C1. The number of hydrogen-bond acceptors (Lipinski definition) is 2. The number of aryl methyl sites for hydroxylation is 2. The molecule has 0 spiro atoms. The average Bonchev–Trinajstić information content (AvgIpc) is 2.78. The Morgan fingerprint density at radius 1 is 1.32 bits per heavy atom. The van der Waals surface area contributed by atoms with E-state index in [9.17, 15) is 0 Å². The van der Waals surface area contributed by atoms with Gasteiger partial charge in [0.2, 0.25) is 0 Å². The molecule has 0 bridgehead atoms. The van der Waals surface area contributed by atoms with Gasteiger partial charge in [-0.3, -0.25) is 4.68 Å². The second-order valence-electron chi connectivity index (χ2n) is 6.58. The lowest BCUT2D eigenvalue weighted by atomic mass is 9.83. The van der Waals surface area contributed by atoms with Crippen molar-refractivity contribution in [1.82, 2.24) is 14.7 Å². The summed E-state index contributed by atoms with van der Waals surface area (Å²) in [6, 6.07) is 7.49. The van der Waals surface area contributed by atoms with Gasteiger partial charge in [-0.15, -0.1) is 0 Å². The highest BCUT2D eigenvalue weighted by Crippen LogP contribution is 2.35. The van der Waals surface area contributed by atoms with E-state index < -0.39 is 0 Å². The molecule has 1 aliphatic rings. The van der Waals surface area contributed by atoms with Crippen LogP contribution in [0.25, 0.3) is 11.1 Å². The third kappa shape index (κ3) is 2.48. The molecule has 0 saturated heterocycles. The van der Waals surface area contributed by atoms with E-state index in [0.717, 1.165) is 12.2 Å². The van der Waals surface area contributed by atoms with Crippen LogP contribution in [0.1, 0.15) is 35.9 Å². The van der Waals surface area contributed by atoms with E-state index in [1.165, 1.54) is 41.6 Å². The number of likely N-dealkylation sites (N-methyl/N-ethyl adjacent to an activating group) is 1. The Kier molecular flexibility index (Phi) is 4.09. The number of benzene rings is 1. The lowest BCUT2D eigenvalue weighted by Gasteiger charge is -2.32. The molecule has 2 aromatic rings. The van der Waals surface area contributed by atoms with Gasteiger partial charge in [-0.05, 0) is 63.4 Å². The monoisotopic (exact) mass is 297 g/mol. The number of fused-ring (bicyclic) bond motifs is 1. The van der Waals surface area contributed by atoms with Gasteiger partial charge in [-0.25, -0.2) is 0 Å². The number of hydrogen-bond donors (Lipinski definition) is 0. The molecule has 3 nitrogen and oxygen atoms in total. The van der Waals surface area contributed by atoms with Crippen LogP contribution < -0.4 is 0 Å². The Labute approximate surface area is 133 Å². The second-order valence-corrected chi connectivity index (χ2v) is 6.58. The number of rotatable bonds is 3. The van der Waals surface area contributed by atoms with Crippen molar-refractivity contribution in [2.45, 2.75) is 46.1 Å². The molecule has 22 heavy (non-hydrogen) atoms. The Hall–Kier alpha value is -1.61. The van der Waals surface area contributed by atoms with E-state index in [1.54, 1.807) is 5.56 Å². The molecule has 118 valence electrons. The number of aromatic nitrogens is 2. The van der Waals surface area contributed by atoms with Crippen molar-refractivity contribution in [3.63, 3.8) is 0 Å². The van der Waals surface area contributed by atoms with Gasteiger partial charge < -0.3 is 4.90 Å². The molecule has 1 aromatic heterocycles. The van der Waals surface area contributed by atoms with Crippen molar-refractivity contribution in [2.24, 2.45) is 7.05 Å². The first kappa shape index (κ1) is 15.3. The molecule has 0 amide bonds. The molecule has 1 atom stereocenters. The predicted octanol–water partition coefficient (Wildman–Crippen LogP) is 3.51. The molecule has 1 unspecified atom stereocenters. The molecule has 1 aliphatic carbocycles. The van der Waals surface area contributed by atoms with Gasteiger partial charge in [-0.1, -0.05) is 25.1 Å². The van der Waals surface area contributed by atoms with E-state index in [4.69, 9.17) is 0 Å². The van der Waals surface area contributed by atoms with E-state index >= 15 is 0 Å². The summed E-state index contributed by atoms with van der Waals surface area (Å²) in [4.78, 5) is 2.48. The fourth-order valence-corrected chi connectivity index (χ4v) is 3.82. The zero-order valence-corrected chi connectivity index (χ0v) is 14.5. The number of nitrogens with zero attached hydrogens (tertiary/aromatic N) is 3. The Balaban J connectivity index is 2.03. The normalized spacial score (nSPS) is 17.8. The first-order chi connectivity index (χ1) is 10.5. The molecule has 0 saturated carbocycles. The van der Waals surface area contributed by atoms with E-state index in [-0.39, 0.29) is 0 Å². The topological polar surface area (TPSA) is 21.1 Å². The summed E-state index contributed by atoms with van der Waals surface area (Å²) in [5.74, 6) is 0. The summed E-state index contributed by atoms with van der Waals surface area (Å²) in [5, 5.41) is 4.60. The van der Waals surface area contributed by atoms with Crippen molar-refractivity contribution in [2.75, 3.05) is 13.6 Å². The maximum atomic E-state index is 4.60. The largest absolute Gasteiger partial charge is 0.303 e. The summed E-state index contributed by atoms with van der Waals surface area (Å²) in [6.45, 7) is 7.66. The minimum atomic E-state index is 0.684. The fourth-order valence-electron chi connectivity index (χ4n) is 3.82. The Morgan fingerprint density at radius 2 is 2.09 bits per heavy atom. The predicted molar refractivity (Wildman–Crippen MR) is 92.2 cm³/mol. The highest BCUT2D eigenvalue weighted by Gasteiger charge is 2.24. The van der Waals surface area contributed by atoms with Crippen LogP contribution in [-0.4, -0.2) is 34.3 Å². The third-order valence-corrected chi connectivity index (χ3v) is 5.36. The van der Waals surface area contributed by atoms with Gasteiger partial charge in [0.15, 0.2) is 0 Å². The van der Waals surface area contributed by atoms with E-state index in [0.29, 0.717) is 6.04 Å². The maximum absolute atomic E-state index is 4.60. The lowest BCUT2D eigenvalue weighted by Crippen LogP contribution is -2.36. The van der Waals surface area contributed by atoms with Crippen molar-refractivity contribution in [1.29, 1.82) is 0 Å². The van der Waals surface area contributed by atoms with Gasteiger partial charge in [0.1, 0.15) is 0 Å². The summed E-state index contributed by atoms with van der Waals surface area (Å²) in [6.07, 6.45) is 3.60. The molecule has 3 heteroatoms. The fraction of sp³-hybridized carbons (Fsp3) is 0.526. The van der Waals surface area contributed by atoms with Crippen LogP contribution in [0.4, 0.5) is 0 Å². The zero-order valence-electron chi connectivity index (χ0n) is 14.5. The summed E-state index contributed by atoms with van der Waals surface area (Å²) < 4.78 is 2.00. The van der Waals surface area contributed by atoms with Crippen LogP contribution >= 0.6 is 0 Å². The molecular formula is C19H27N3. The van der Waals surface area contributed by atoms with E-state index in [1.807, 2.05) is 11.7 Å². The van der Waals surface area contributed by atoms with Crippen LogP contribution in [0.2, 0.25) is 0 Å². The van der Waals surface area contributed by atoms with Crippen molar-refractivity contribution in [3.05, 3.63) is 40.7 Å². The first-order valence-corrected chi connectivity index (χ1v) is 8.34. The van der Waals surface area contributed by atoms with Gasteiger partial charge >= 0.3 is 0 Å². The quantitative estimate of drug-likeness (QED) is 0.864. The van der Waals surface area contributed by atoms with Crippen LogP contribution in [0.15, 0.2) is 18.2 Å². The average molecular weight is 297 g/mol. The smallest absolute Gasteiger partial charge is 0.0674 e. The molecule has 1 heterocycles. The summed E-state index contributed by atoms with van der Waals surface area (Å²) >= 11 is 0. The van der Waals surface area contributed by atoms with Crippen molar-refractivity contribution < 1.29 is 0 Å². The minimum Gasteiger partial charge on any atom is -0.303 e. The Bertz CT molecular complexity index is 684. The first-order valence-electron chi connectivity index (χ1n) is 8.34. The highest BCUT2D eigenvalue weighted by atomic mass is 15.3. The Morgan fingerprint density at radius 3 is 2.73 bits per heavy atom. The summed E-state index contributed by atoms with van der Waals surface area (Å²) in [7, 11) is 4.28. The molecule has 0 radical (unpaired) electrons. The lowest BCUT2D eigenvalue weighted by molar-refractivity contribution is 0.233. The summed E-state index contributed by atoms with van der Waals surface area (Å²) in [5.41, 5.74) is 8.21. The van der Waals surface area contributed by atoms with Gasteiger partial charge in [-0.2, -0.15) is 5.10 Å². The second kappa shape index (κ2) is 5.88. The molecular weight excluding hydrogens is 270 g/mol. The van der Waals surface area contributed by atoms with Crippen molar-refractivity contribution in [3.8, 4) is 11.1 Å². The standard InChI is InChI=1S/C19H27N3/c1-6-21(4)16-10-11-17-15(12-16)8-7-9-18(17)19-13(2)20-22(5)14(19)3/h7-9,16H,6,10-12H2,1-5H3.